The van der Waals surface area contributed by atoms with E-state index in [0.29, 0.717) is 5.41 Å². The van der Waals surface area contributed by atoms with Crippen molar-refractivity contribution in [2.45, 2.75) is 46.5 Å². The van der Waals surface area contributed by atoms with Crippen LogP contribution < -0.4 is 10.6 Å². The first-order valence-electron chi connectivity index (χ1n) is 7.67. The molecular weight excluding hydrogens is 248 g/mol. The molecule has 2 rings (SSSR count). The van der Waals surface area contributed by atoms with Crippen LogP contribution in [-0.4, -0.2) is 19.0 Å². The predicted octanol–water partition coefficient (Wildman–Crippen LogP) is 3.74. The molecule has 110 valence electrons. The minimum Gasteiger partial charge on any atom is -0.384 e. The Morgan fingerprint density at radius 3 is 2.70 bits per heavy atom. The summed E-state index contributed by atoms with van der Waals surface area (Å²) in [5, 5.41) is 6.45. The molecule has 1 saturated carbocycles. The van der Waals surface area contributed by atoms with Gasteiger partial charge in [-0.3, -0.25) is 4.79 Å². The summed E-state index contributed by atoms with van der Waals surface area (Å²) in [4.78, 5) is 12.4. The van der Waals surface area contributed by atoms with Crippen LogP contribution in [0.4, 0.5) is 5.69 Å². The third-order valence-electron chi connectivity index (χ3n) is 4.22. The maximum Gasteiger partial charge on any atom is 0.253 e. The number of carbonyl (C=O) groups is 1. The molecule has 1 aromatic rings. The quantitative estimate of drug-likeness (QED) is 0.829. The van der Waals surface area contributed by atoms with Crippen molar-refractivity contribution in [1.29, 1.82) is 0 Å². The van der Waals surface area contributed by atoms with Crippen LogP contribution in [0.3, 0.4) is 0 Å². The second kappa shape index (κ2) is 6.29. The number of benzene rings is 1. The van der Waals surface area contributed by atoms with Crippen LogP contribution >= 0.6 is 0 Å². The van der Waals surface area contributed by atoms with E-state index in [2.05, 4.69) is 30.5 Å². The van der Waals surface area contributed by atoms with E-state index in [1.54, 1.807) is 0 Å². The summed E-state index contributed by atoms with van der Waals surface area (Å²) >= 11 is 0. The van der Waals surface area contributed by atoms with Crippen molar-refractivity contribution in [1.82, 2.24) is 5.32 Å². The molecule has 3 heteroatoms. The van der Waals surface area contributed by atoms with E-state index in [9.17, 15) is 4.79 Å². The molecule has 1 amide bonds. The van der Waals surface area contributed by atoms with Gasteiger partial charge in [0.15, 0.2) is 0 Å². The summed E-state index contributed by atoms with van der Waals surface area (Å²) in [6, 6.07) is 5.97. The first-order chi connectivity index (χ1) is 9.54. The summed E-state index contributed by atoms with van der Waals surface area (Å²) < 4.78 is 0. The van der Waals surface area contributed by atoms with Crippen molar-refractivity contribution < 1.29 is 4.79 Å². The molecule has 1 fully saturated rings. The minimum absolute atomic E-state index is 0.0386. The molecule has 1 aromatic carbocycles. The van der Waals surface area contributed by atoms with Gasteiger partial charge in [-0.1, -0.05) is 26.3 Å². The molecule has 0 spiro atoms. The van der Waals surface area contributed by atoms with Crippen LogP contribution in [0.1, 0.15) is 55.5 Å². The minimum atomic E-state index is 0.0386. The molecule has 0 aliphatic heterocycles. The SMILES string of the molecule is CCCNc1cc(C)ccc1C(=O)NCC1(C)CCC1. The number of aryl methyl sites for hydroxylation is 1. The molecule has 0 unspecified atom stereocenters. The third kappa shape index (κ3) is 3.53. The fraction of sp³-hybridized carbons (Fsp3) is 0.588. The number of rotatable bonds is 6. The van der Waals surface area contributed by atoms with E-state index in [1.807, 2.05) is 19.1 Å². The van der Waals surface area contributed by atoms with Crippen LogP contribution in [0.25, 0.3) is 0 Å². The van der Waals surface area contributed by atoms with Gasteiger partial charge in [-0.05, 0) is 49.3 Å². The summed E-state index contributed by atoms with van der Waals surface area (Å²) in [7, 11) is 0. The molecule has 0 radical (unpaired) electrons. The summed E-state index contributed by atoms with van der Waals surface area (Å²) in [6.07, 6.45) is 4.79. The highest BCUT2D eigenvalue weighted by molar-refractivity contribution is 5.99. The zero-order chi connectivity index (χ0) is 14.6. The Labute approximate surface area is 122 Å². The van der Waals surface area contributed by atoms with Crippen molar-refractivity contribution in [3.63, 3.8) is 0 Å². The van der Waals surface area contributed by atoms with Crippen molar-refractivity contribution in [2.24, 2.45) is 5.41 Å². The van der Waals surface area contributed by atoms with Crippen molar-refractivity contribution >= 4 is 11.6 Å². The van der Waals surface area contributed by atoms with Crippen LogP contribution in [0, 0.1) is 12.3 Å². The van der Waals surface area contributed by atoms with Gasteiger partial charge >= 0.3 is 0 Å². The van der Waals surface area contributed by atoms with Crippen molar-refractivity contribution in [3.8, 4) is 0 Å². The molecule has 1 aliphatic carbocycles. The van der Waals surface area contributed by atoms with Gasteiger partial charge in [-0.15, -0.1) is 0 Å². The maximum atomic E-state index is 12.4. The van der Waals surface area contributed by atoms with Gasteiger partial charge in [0.1, 0.15) is 0 Å². The molecule has 0 heterocycles. The number of hydrogen-bond donors (Lipinski definition) is 2. The molecule has 0 atom stereocenters. The lowest BCUT2D eigenvalue weighted by Crippen LogP contribution is -2.40. The first-order valence-corrected chi connectivity index (χ1v) is 7.67. The van der Waals surface area contributed by atoms with Crippen molar-refractivity contribution in [3.05, 3.63) is 29.3 Å². The Morgan fingerprint density at radius 2 is 2.10 bits per heavy atom. The second-order valence-electron chi connectivity index (χ2n) is 6.32. The zero-order valence-corrected chi connectivity index (χ0v) is 12.9. The summed E-state index contributed by atoms with van der Waals surface area (Å²) in [5.74, 6) is 0.0386. The van der Waals surface area contributed by atoms with E-state index in [-0.39, 0.29) is 5.91 Å². The molecule has 3 nitrogen and oxygen atoms in total. The third-order valence-corrected chi connectivity index (χ3v) is 4.22. The smallest absolute Gasteiger partial charge is 0.253 e. The summed E-state index contributed by atoms with van der Waals surface area (Å²) in [6.45, 7) is 8.10. The van der Waals surface area contributed by atoms with Crippen LogP contribution in [-0.2, 0) is 0 Å². The largest absolute Gasteiger partial charge is 0.384 e. The van der Waals surface area contributed by atoms with Crippen LogP contribution in [0.2, 0.25) is 0 Å². The Balaban J connectivity index is 2.03. The van der Waals surface area contributed by atoms with Gasteiger partial charge in [0.25, 0.3) is 5.91 Å². The monoisotopic (exact) mass is 274 g/mol. The molecule has 2 N–H and O–H groups in total. The van der Waals surface area contributed by atoms with E-state index in [1.165, 1.54) is 24.8 Å². The molecule has 0 bridgehead atoms. The number of anilines is 1. The molecular formula is C17H26N2O. The number of hydrogen-bond acceptors (Lipinski definition) is 2. The van der Waals surface area contributed by atoms with Crippen LogP contribution in [0.5, 0.6) is 0 Å². The highest BCUT2D eigenvalue weighted by Gasteiger charge is 2.32. The number of carbonyl (C=O) groups excluding carboxylic acids is 1. The maximum absolute atomic E-state index is 12.4. The van der Waals surface area contributed by atoms with Gasteiger partial charge < -0.3 is 10.6 Å². The zero-order valence-electron chi connectivity index (χ0n) is 12.9. The van der Waals surface area contributed by atoms with E-state index in [4.69, 9.17) is 0 Å². The Morgan fingerprint density at radius 1 is 1.35 bits per heavy atom. The van der Waals surface area contributed by atoms with Crippen LogP contribution in [0.15, 0.2) is 18.2 Å². The second-order valence-corrected chi connectivity index (χ2v) is 6.32. The lowest BCUT2D eigenvalue weighted by Gasteiger charge is -2.38. The topological polar surface area (TPSA) is 41.1 Å². The van der Waals surface area contributed by atoms with E-state index >= 15 is 0 Å². The van der Waals surface area contributed by atoms with Gasteiger partial charge in [0, 0.05) is 18.8 Å². The Kier molecular flexibility index (Phi) is 4.69. The molecule has 20 heavy (non-hydrogen) atoms. The summed E-state index contributed by atoms with van der Waals surface area (Å²) in [5.41, 5.74) is 3.19. The molecule has 0 saturated heterocycles. The standard InChI is InChI=1S/C17H26N2O/c1-4-10-18-15-11-13(2)6-7-14(15)16(20)19-12-17(3)8-5-9-17/h6-7,11,18H,4-5,8-10,12H2,1-3H3,(H,19,20). The fourth-order valence-corrected chi connectivity index (χ4v) is 2.61. The lowest BCUT2D eigenvalue weighted by molar-refractivity contribution is 0.0891. The normalized spacial score (nSPS) is 16.4. The fourth-order valence-electron chi connectivity index (χ4n) is 2.61. The van der Waals surface area contributed by atoms with Gasteiger partial charge in [-0.25, -0.2) is 0 Å². The van der Waals surface area contributed by atoms with Gasteiger partial charge in [-0.2, -0.15) is 0 Å². The predicted molar refractivity (Wildman–Crippen MR) is 84.3 cm³/mol. The molecule has 0 aromatic heterocycles. The van der Waals surface area contributed by atoms with Crippen molar-refractivity contribution in [2.75, 3.05) is 18.4 Å². The van der Waals surface area contributed by atoms with E-state index in [0.717, 1.165) is 30.8 Å². The first kappa shape index (κ1) is 14.9. The van der Waals surface area contributed by atoms with Gasteiger partial charge in [0.2, 0.25) is 0 Å². The highest BCUT2D eigenvalue weighted by Crippen LogP contribution is 2.39. The average molecular weight is 274 g/mol. The average Bonchev–Trinajstić information content (AvgIpc) is 2.40. The Bertz CT molecular complexity index is 478. The Hall–Kier alpha value is -1.51. The van der Waals surface area contributed by atoms with E-state index < -0.39 is 0 Å². The lowest BCUT2D eigenvalue weighted by atomic mass is 9.70. The van der Waals surface area contributed by atoms with Gasteiger partial charge in [0.05, 0.1) is 5.56 Å². The number of amides is 1. The number of nitrogens with one attached hydrogen (secondary N) is 2. The highest BCUT2D eigenvalue weighted by atomic mass is 16.1. The molecule has 1 aliphatic rings.